The molecular weight excluding hydrogens is 312 g/mol. The lowest BCUT2D eigenvalue weighted by Crippen LogP contribution is -2.04. The summed E-state index contributed by atoms with van der Waals surface area (Å²) < 4.78 is 7.53. The second-order valence-electron chi connectivity index (χ2n) is 6.16. The van der Waals surface area contributed by atoms with Gasteiger partial charge in [-0.2, -0.15) is 0 Å². The Morgan fingerprint density at radius 1 is 1.08 bits per heavy atom. The summed E-state index contributed by atoms with van der Waals surface area (Å²) in [5.41, 5.74) is 6.35. The van der Waals surface area contributed by atoms with E-state index in [1.165, 1.54) is 5.56 Å². The lowest BCUT2D eigenvalue weighted by Gasteiger charge is -2.09. The van der Waals surface area contributed by atoms with Crippen molar-refractivity contribution in [2.24, 2.45) is 0 Å². The van der Waals surface area contributed by atoms with Gasteiger partial charge < -0.3 is 14.4 Å². The zero-order valence-electron chi connectivity index (χ0n) is 14.6. The summed E-state index contributed by atoms with van der Waals surface area (Å²) in [7, 11) is 1.90. The molecule has 0 atom stereocenters. The smallest absolute Gasteiger partial charge is 0.203 e. The quantitative estimate of drug-likeness (QED) is 0.602. The Bertz CT molecular complexity index is 1010. The largest absolute Gasteiger partial charge is 0.361 e. The third kappa shape index (κ3) is 2.67. The fraction of sp³-hybridized carbons (Fsp3) is 0.200. The molecule has 0 fully saturated rings. The van der Waals surface area contributed by atoms with E-state index in [2.05, 4.69) is 57.5 Å². The van der Waals surface area contributed by atoms with Crippen molar-refractivity contribution >= 4 is 17.0 Å². The summed E-state index contributed by atoms with van der Waals surface area (Å²) in [6.07, 6.45) is 0. The lowest BCUT2D eigenvalue weighted by atomic mass is 10.0. The molecular formula is C20H20N4O. The highest BCUT2D eigenvalue weighted by atomic mass is 16.5. The van der Waals surface area contributed by atoms with Crippen LogP contribution in [0.15, 0.2) is 53.1 Å². The SMILES string of the molecule is CNc1nc2ccc(-c3c(C)noc3C)cc2n1Cc1ccccc1. The molecule has 0 aliphatic rings. The molecule has 0 saturated carbocycles. The number of rotatable bonds is 4. The predicted molar refractivity (Wildman–Crippen MR) is 99.8 cm³/mol. The van der Waals surface area contributed by atoms with E-state index in [1.54, 1.807) is 0 Å². The highest BCUT2D eigenvalue weighted by Crippen LogP contribution is 2.31. The molecule has 5 nitrogen and oxygen atoms in total. The van der Waals surface area contributed by atoms with Crippen molar-refractivity contribution in [3.8, 4) is 11.1 Å². The van der Waals surface area contributed by atoms with Crippen LogP contribution in [0.4, 0.5) is 5.95 Å². The Morgan fingerprint density at radius 2 is 1.88 bits per heavy atom. The van der Waals surface area contributed by atoms with Gasteiger partial charge in [0.25, 0.3) is 0 Å². The van der Waals surface area contributed by atoms with Crippen molar-refractivity contribution in [3.63, 3.8) is 0 Å². The third-order valence-electron chi connectivity index (χ3n) is 4.48. The van der Waals surface area contributed by atoms with Gasteiger partial charge >= 0.3 is 0 Å². The van der Waals surface area contributed by atoms with Gasteiger partial charge in [-0.15, -0.1) is 0 Å². The molecule has 0 saturated heterocycles. The van der Waals surface area contributed by atoms with Gasteiger partial charge in [0.1, 0.15) is 5.76 Å². The van der Waals surface area contributed by atoms with Crippen LogP contribution in [0, 0.1) is 13.8 Å². The van der Waals surface area contributed by atoms with E-state index in [0.29, 0.717) is 0 Å². The normalized spacial score (nSPS) is 11.2. The van der Waals surface area contributed by atoms with Gasteiger partial charge in [0.15, 0.2) is 0 Å². The highest BCUT2D eigenvalue weighted by Gasteiger charge is 2.15. The highest BCUT2D eigenvalue weighted by molar-refractivity contribution is 5.85. The first-order valence-electron chi connectivity index (χ1n) is 8.32. The van der Waals surface area contributed by atoms with Crippen LogP contribution >= 0.6 is 0 Å². The van der Waals surface area contributed by atoms with Gasteiger partial charge in [-0.1, -0.05) is 41.6 Å². The molecule has 0 bridgehead atoms. The number of aryl methyl sites for hydroxylation is 2. The second-order valence-corrected chi connectivity index (χ2v) is 6.16. The minimum absolute atomic E-state index is 0.762. The van der Waals surface area contributed by atoms with E-state index in [1.807, 2.05) is 27.0 Å². The molecule has 25 heavy (non-hydrogen) atoms. The molecule has 0 unspecified atom stereocenters. The van der Waals surface area contributed by atoms with E-state index < -0.39 is 0 Å². The van der Waals surface area contributed by atoms with Crippen LogP contribution in [0.1, 0.15) is 17.0 Å². The van der Waals surface area contributed by atoms with E-state index in [9.17, 15) is 0 Å². The standard InChI is InChI=1S/C20H20N4O/c1-13-19(14(2)25-23-13)16-9-10-17-18(11-16)24(20(21-3)22-17)12-15-7-5-4-6-8-15/h4-11H,12H2,1-3H3,(H,21,22). The number of nitrogens with zero attached hydrogens (tertiary/aromatic N) is 3. The lowest BCUT2D eigenvalue weighted by molar-refractivity contribution is 0.393. The van der Waals surface area contributed by atoms with Gasteiger partial charge in [0.2, 0.25) is 5.95 Å². The Kier molecular flexibility index (Phi) is 3.76. The molecule has 4 aromatic rings. The number of nitrogens with one attached hydrogen (secondary N) is 1. The Labute approximate surface area is 146 Å². The molecule has 0 radical (unpaired) electrons. The van der Waals surface area contributed by atoms with E-state index in [4.69, 9.17) is 9.51 Å². The Hall–Kier alpha value is -3.08. The van der Waals surface area contributed by atoms with E-state index >= 15 is 0 Å². The van der Waals surface area contributed by atoms with Gasteiger partial charge in [-0.05, 0) is 37.1 Å². The number of aromatic nitrogens is 3. The number of anilines is 1. The average molecular weight is 332 g/mol. The molecule has 0 aliphatic carbocycles. The Balaban J connectivity index is 1.87. The zero-order chi connectivity index (χ0) is 17.4. The average Bonchev–Trinajstić information content (AvgIpc) is 3.15. The zero-order valence-corrected chi connectivity index (χ0v) is 14.6. The van der Waals surface area contributed by atoms with Crippen LogP contribution in [0.3, 0.4) is 0 Å². The van der Waals surface area contributed by atoms with Gasteiger partial charge in [0, 0.05) is 12.6 Å². The number of imidazole rings is 1. The monoisotopic (exact) mass is 332 g/mol. The van der Waals surface area contributed by atoms with Gasteiger partial charge in [-0.3, -0.25) is 0 Å². The summed E-state index contributed by atoms with van der Waals surface area (Å²) in [6, 6.07) is 16.7. The van der Waals surface area contributed by atoms with Crippen molar-refractivity contribution in [3.05, 3.63) is 65.5 Å². The molecule has 5 heteroatoms. The first-order chi connectivity index (χ1) is 12.2. The first kappa shape index (κ1) is 15.4. The summed E-state index contributed by atoms with van der Waals surface area (Å²) >= 11 is 0. The van der Waals surface area contributed by atoms with Gasteiger partial charge in [-0.25, -0.2) is 4.98 Å². The maximum Gasteiger partial charge on any atom is 0.203 e. The fourth-order valence-electron chi connectivity index (χ4n) is 3.29. The molecule has 2 aromatic carbocycles. The van der Waals surface area contributed by atoms with Gasteiger partial charge in [0.05, 0.1) is 23.3 Å². The van der Waals surface area contributed by atoms with Crippen LogP contribution in [0.5, 0.6) is 0 Å². The maximum atomic E-state index is 5.33. The molecule has 0 amide bonds. The van der Waals surface area contributed by atoms with Crippen LogP contribution in [-0.4, -0.2) is 21.8 Å². The van der Waals surface area contributed by atoms with E-state index in [0.717, 1.165) is 46.1 Å². The number of fused-ring (bicyclic) bond motifs is 1. The Morgan fingerprint density at radius 3 is 2.56 bits per heavy atom. The minimum atomic E-state index is 0.762. The van der Waals surface area contributed by atoms with Crippen LogP contribution < -0.4 is 5.32 Å². The third-order valence-corrected chi connectivity index (χ3v) is 4.48. The fourth-order valence-corrected chi connectivity index (χ4v) is 3.29. The van der Waals surface area contributed by atoms with Crippen molar-refractivity contribution in [1.82, 2.24) is 14.7 Å². The number of hydrogen-bond donors (Lipinski definition) is 1. The van der Waals surface area contributed by atoms with Crippen LogP contribution in [0.25, 0.3) is 22.2 Å². The molecule has 126 valence electrons. The van der Waals surface area contributed by atoms with Crippen molar-refractivity contribution in [2.75, 3.05) is 12.4 Å². The predicted octanol–water partition coefficient (Wildman–Crippen LogP) is 4.40. The van der Waals surface area contributed by atoms with E-state index in [-0.39, 0.29) is 0 Å². The maximum absolute atomic E-state index is 5.33. The summed E-state index contributed by atoms with van der Waals surface area (Å²) in [6.45, 7) is 4.68. The number of benzene rings is 2. The van der Waals surface area contributed by atoms with Crippen LogP contribution in [-0.2, 0) is 6.54 Å². The molecule has 2 heterocycles. The van der Waals surface area contributed by atoms with Crippen molar-refractivity contribution in [1.29, 1.82) is 0 Å². The summed E-state index contributed by atoms with van der Waals surface area (Å²) in [4.78, 5) is 4.71. The topological polar surface area (TPSA) is 55.9 Å². The van der Waals surface area contributed by atoms with Crippen molar-refractivity contribution in [2.45, 2.75) is 20.4 Å². The van der Waals surface area contributed by atoms with Crippen LogP contribution in [0.2, 0.25) is 0 Å². The summed E-state index contributed by atoms with van der Waals surface area (Å²) in [5, 5.41) is 7.28. The molecule has 2 aromatic heterocycles. The number of hydrogen-bond acceptors (Lipinski definition) is 4. The summed E-state index contributed by atoms with van der Waals surface area (Å²) in [5.74, 6) is 1.69. The minimum Gasteiger partial charge on any atom is -0.361 e. The second kappa shape index (κ2) is 6.09. The van der Waals surface area contributed by atoms with Crippen molar-refractivity contribution < 1.29 is 4.52 Å². The molecule has 0 spiro atoms. The molecule has 4 rings (SSSR count). The first-order valence-corrected chi connectivity index (χ1v) is 8.32. The molecule has 1 N–H and O–H groups in total. The molecule has 0 aliphatic heterocycles.